The second-order valence-electron chi connectivity index (χ2n) is 6.09. The van der Waals surface area contributed by atoms with Crippen molar-refractivity contribution in [2.24, 2.45) is 0 Å². The molecule has 0 aliphatic carbocycles. The fourth-order valence-corrected chi connectivity index (χ4v) is 4.06. The number of rotatable bonds is 6. The monoisotopic (exact) mass is 460 g/mol. The molecule has 0 radical (unpaired) electrons. The van der Waals surface area contributed by atoms with E-state index in [-0.39, 0.29) is 17.9 Å². The molecule has 0 bridgehead atoms. The molecule has 2 aromatic heterocycles. The zero-order valence-electron chi connectivity index (χ0n) is 15.6. The SMILES string of the molecule is COc1ccc(S(=O)(=O)C(F)(F)F)cc1NC(=O)Cc1csc(-c2ccc(C)o2)n1. The van der Waals surface area contributed by atoms with Crippen molar-refractivity contribution in [1.29, 1.82) is 0 Å². The van der Waals surface area contributed by atoms with Gasteiger partial charge in [0.15, 0.2) is 10.8 Å². The number of aromatic nitrogens is 1. The number of amides is 1. The zero-order valence-corrected chi connectivity index (χ0v) is 17.2. The van der Waals surface area contributed by atoms with Crippen molar-refractivity contribution in [2.75, 3.05) is 12.4 Å². The highest BCUT2D eigenvalue weighted by Gasteiger charge is 2.47. The van der Waals surface area contributed by atoms with E-state index in [1.807, 2.05) is 0 Å². The lowest BCUT2D eigenvalue weighted by atomic mass is 10.2. The van der Waals surface area contributed by atoms with Crippen molar-refractivity contribution in [1.82, 2.24) is 4.98 Å². The number of benzene rings is 1. The Morgan fingerprint density at radius 2 is 2.00 bits per heavy atom. The molecular formula is C18H15F3N2O5S2. The smallest absolute Gasteiger partial charge is 0.495 e. The summed E-state index contributed by atoms with van der Waals surface area (Å²) in [5, 5.41) is 4.59. The Morgan fingerprint density at radius 1 is 1.27 bits per heavy atom. The maximum Gasteiger partial charge on any atom is 0.501 e. The van der Waals surface area contributed by atoms with E-state index in [1.54, 1.807) is 24.4 Å². The van der Waals surface area contributed by atoms with Gasteiger partial charge in [-0.3, -0.25) is 4.79 Å². The zero-order chi connectivity index (χ0) is 22.1. The van der Waals surface area contributed by atoms with Crippen molar-refractivity contribution in [3.8, 4) is 16.5 Å². The van der Waals surface area contributed by atoms with Gasteiger partial charge in [0.25, 0.3) is 9.84 Å². The number of carbonyl (C=O) groups excluding carboxylic acids is 1. The largest absolute Gasteiger partial charge is 0.501 e. The van der Waals surface area contributed by atoms with Gasteiger partial charge in [0, 0.05) is 5.38 Å². The van der Waals surface area contributed by atoms with E-state index in [2.05, 4.69) is 10.3 Å². The number of thiazole rings is 1. The van der Waals surface area contributed by atoms with Gasteiger partial charge in [-0.25, -0.2) is 13.4 Å². The molecule has 0 aliphatic heterocycles. The molecule has 0 unspecified atom stereocenters. The maximum absolute atomic E-state index is 12.8. The molecular weight excluding hydrogens is 445 g/mol. The number of nitrogens with zero attached hydrogens (tertiary/aromatic N) is 1. The molecule has 160 valence electrons. The number of sulfone groups is 1. The number of furan rings is 1. The molecule has 0 saturated carbocycles. The van der Waals surface area contributed by atoms with Gasteiger partial charge >= 0.3 is 5.51 Å². The van der Waals surface area contributed by atoms with Crippen LogP contribution in [0.1, 0.15) is 11.5 Å². The number of nitrogens with one attached hydrogen (secondary N) is 1. The molecule has 1 aromatic carbocycles. The van der Waals surface area contributed by atoms with E-state index in [1.165, 1.54) is 18.4 Å². The van der Waals surface area contributed by atoms with Crippen molar-refractivity contribution in [3.63, 3.8) is 0 Å². The summed E-state index contributed by atoms with van der Waals surface area (Å²) in [5.74, 6) is 0.660. The first-order chi connectivity index (χ1) is 14.0. The topological polar surface area (TPSA) is 98.5 Å². The quantitative estimate of drug-likeness (QED) is 0.592. The van der Waals surface area contributed by atoms with Gasteiger partial charge in [-0.15, -0.1) is 11.3 Å². The molecule has 0 saturated heterocycles. The second kappa shape index (κ2) is 8.11. The lowest BCUT2D eigenvalue weighted by Gasteiger charge is -2.13. The number of hydrogen-bond donors (Lipinski definition) is 1. The van der Waals surface area contributed by atoms with Crippen LogP contribution in [0.5, 0.6) is 5.75 Å². The number of anilines is 1. The molecule has 1 N–H and O–H groups in total. The summed E-state index contributed by atoms with van der Waals surface area (Å²) >= 11 is 1.27. The molecule has 12 heteroatoms. The Morgan fingerprint density at radius 3 is 2.60 bits per heavy atom. The van der Waals surface area contributed by atoms with Gasteiger partial charge in [0.1, 0.15) is 11.5 Å². The predicted molar refractivity (Wildman–Crippen MR) is 103 cm³/mol. The minimum Gasteiger partial charge on any atom is -0.495 e. The molecule has 30 heavy (non-hydrogen) atoms. The summed E-state index contributed by atoms with van der Waals surface area (Å²) in [6.07, 6.45) is -0.185. The van der Waals surface area contributed by atoms with Crippen LogP contribution in [-0.4, -0.2) is 31.9 Å². The predicted octanol–water partition coefficient (Wildman–Crippen LogP) is 4.19. The number of aryl methyl sites for hydroxylation is 1. The fraction of sp³-hybridized carbons (Fsp3) is 0.222. The van der Waals surface area contributed by atoms with Crippen molar-refractivity contribution >= 4 is 32.8 Å². The average molecular weight is 460 g/mol. The number of halogens is 3. The number of methoxy groups -OCH3 is 1. The van der Waals surface area contributed by atoms with Crippen LogP contribution in [0, 0.1) is 6.92 Å². The molecule has 7 nitrogen and oxygen atoms in total. The van der Waals surface area contributed by atoms with Crippen LogP contribution in [0.25, 0.3) is 10.8 Å². The van der Waals surface area contributed by atoms with E-state index in [0.717, 1.165) is 12.1 Å². The molecule has 2 heterocycles. The maximum atomic E-state index is 12.8. The van der Waals surface area contributed by atoms with Gasteiger partial charge < -0.3 is 14.5 Å². The first kappa shape index (κ1) is 21.8. The van der Waals surface area contributed by atoms with Gasteiger partial charge in [0.2, 0.25) is 5.91 Å². The first-order valence-electron chi connectivity index (χ1n) is 8.31. The highest BCUT2D eigenvalue weighted by Crippen LogP contribution is 2.35. The van der Waals surface area contributed by atoms with Crippen molar-refractivity contribution in [3.05, 3.63) is 47.2 Å². The van der Waals surface area contributed by atoms with Gasteiger partial charge in [-0.05, 0) is 37.3 Å². The Hall–Kier alpha value is -2.86. The van der Waals surface area contributed by atoms with Crippen molar-refractivity contribution in [2.45, 2.75) is 23.7 Å². The van der Waals surface area contributed by atoms with E-state index in [0.29, 0.717) is 28.3 Å². The van der Waals surface area contributed by atoms with E-state index >= 15 is 0 Å². The first-order valence-corrected chi connectivity index (χ1v) is 10.7. The fourth-order valence-electron chi connectivity index (χ4n) is 2.50. The second-order valence-corrected chi connectivity index (χ2v) is 8.89. The number of ether oxygens (including phenoxy) is 1. The van der Waals surface area contributed by atoms with Crippen LogP contribution in [0.2, 0.25) is 0 Å². The van der Waals surface area contributed by atoms with Gasteiger partial charge in [-0.2, -0.15) is 13.2 Å². The molecule has 3 rings (SSSR count). The van der Waals surface area contributed by atoms with E-state index in [9.17, 15) is 26.4 Å². The summed E-state index contributed by atoms with van der Waals surface area (Å²) in [5.41, 5.74) is -5.26. The van der Waals surface area contributed by atoms with Crippen molar-refractivity contribution < 1.29 is 35.5 Å². The lowest BCUT2D eigenvalue weighted by molar-refractivity contribution is -0.115. The number of hydrogen-bond acceptors (Lipinski definition) is 7. The summed E-state index contributed by atoms with van der Waals surface area (Å²) in [4.78, 5) is 15.7. The van der Waals surface area contributed by atoms with Crippen LogP contribution in [-0.2, 0) is 21.1 Å². The Kier molecular flexibility index (Phi) is 5.90. The van der Waals surface area contributed by atoms with Crippen LogP contribution >= 0.6 is 11.3 Å². The van der Waals surface area contributed by atoms with E-state index in [4.69, 9.17) is 9.15 Å². The van der Waals surface area contributed by atoms with Gasteiger partial charge in [-0.1, -0.05) is 0 Å². The van der Waals surface area contributed by atoms with Crippen LogP contribution in [0.3, 0.4) is 0 Å². The highest BCUT2D eigenvalue weighted by molar-refractivity contribution is 7.92. The van der Waals surface area contributed by atoms with Crippen LogP contribution in [0.15, 0.2) is 45.0 Å². The molecule has 0 fully saturated rings. The Bertz CT molecular complexity index is 1180. The van der Waals surface area contributed by atoms with Gasteiger partial charge in [0.05, 0.1) is 29.8 Å². The third kappa shape index (κ3) is 4.49. The number of alkyl halides is 3. The lowest BCUT2D eigenvalue weighted by Crippen LogP contribution is -2.23. The third-order valence-electron chi connectivity index (χ3n) is 3.90. The summed E-state index contributed by atoms with van der Waals surface area (Å²) in [6.45, 7) is 1.78. The Labute approximate surface area is 173 Å². The third-order valence-corrected chi connectivity index (χ3v) is 6.29. The molecule has 3 aromatic rings. The van der Waals surface area contributed by atoms with Crippen LogP contribution in [0.4, 0.5) is 18.9 Å². The average Bonchev–Trinajstić information content (AvgIpc) is 3.29. The molecule has 0 aliphatic rings. The summed E-state index contributed by atoms with van der Waals surface area (Å²) in [7, 11) is -4.33. The molecule has 0 spiro atoms. The summed E-state index contributed by atoms with van der Waals surface area (Å²) in [6, 6.07) is 6.02. The summed E-state index contributed by atoms with van der Waals surface area (Å²) < 4.78 is 72.1. The standard InChI is InChI=1S/C18H15F3N2O5S2/c1-10-3-5-15(28-10)17-22-11(9-29-17)7-16(24)23-13-8-12(4-6-14(13)27-2)30(25,26)18(19,20)21/h3-6,8-9H,7H2,1-2H3,(H,23,24). The highest BCUT2D eigenvalue weighted by atomic mass is 32.2. The molecule has 1 amide bonds. The van der Waals surface area contributed by atoms with Crippen LogP contribution < -0.4 is 10.1 Å². The minimum absolute atomic E-state index is 0.00880. The number of carbonyl (C=O) groups is 1. The Balaban J connectivity index is 1.79. The van der Waals surface area contributed by atoms with E-state index < -0.39 is 26.1 Å². The molecule has 0 atom stereocenters. The minimum atomic E-state index is -5.57. The normalized spacial score (nSPS) is 12.0.